The van der Waals surface area contributed by atoms with E-state index in [0.717, 1.165) is 11.1 Å². The van der Waals surface area contributed by atoms with Crippen LogP contribution in [0.3, 0.4) is 0 Å². The van der Waals surface area contributed by atoms with E-state index in [-0.39, 0.29) is 24.9 Å². The van der Waals surface area contributed by atoms with Crippen LogP contribution in [0.15, 0.2) is 48.5 Å². The molecule has 26 heavy (non-hydrogen) atoms. The van der Waals surface area contributed by atoms with E-state index in [2.05, 4.69) is 10.6 Å². The van der Waals surface area contributed by atoms with Gasteiger partial charge < -0.3 is 20.3 Å². The molecule has 0 aliphatic carbocycles. The Kier molecular flexibility index (Phi) is 7.02. The van der Waals surface area contributed by atoms with Gasteiger partial charge in [0, 0.05) is 27.1 Å². The Labute approximate surface area is 154 Å². The molecule has 0 aliphatic rings. The van der Waals surface area contributed by atoms with E-state index >= 15 is 0 Å². The zero-order valence-electron chi connectivity index (χ0n) is 15.4. The number of hydrogen-bond acceptors (Lipinski definition) is 3. The monoisotopic (exact) mass is 355 g/mol. The van der Waals surface area contributed by atoms with Crippen molar-refractivity contribution in [3.8, 4) is 5.75 Å². The molecule has 6 nitrogen and oxygen atoms in total. The van der Waals surface area contributed by atoms with Crippen molar-refractivity contribution in [3.05, 3.63) is 59.7 Å². The fourth-order valence-corrected chi connectivity index (χ4v) is 2.26. The second-order valence-electron chi connectivity index (χ2n) is 6.19. The lowest BCUT2D eigenvalue weighted by Gasteiger charge is -2.14. The molecule has 0 unspecified atom stereocenters. The third-order valence-corrected chi connectivity index (χ3v) is 3.75. The lowest BCUT2D eigenvalue weighted by atomic mass is 10.2. The molecule has 0 fully saturated rings. The number of aryl methyl sites for hydroxylation is 1. The Morgan fingerprint density at radius 2 is 1.81 bits per heavy atom. The summed E-state index contributed by atoms with van der Waals surface area (Å²) in [6.07, 6.45) is 0.256. The molecular formula is C20H25N3O3. The summed E-state index contributed by atoms with van der Waals surface area (Å²) >= 11 is 0. The summed E-state index contributed by atoms with van der Waals surface area (Å²) in [5, 5.41) is 5.46. The normalized spacial score (nSPS) is 10.1. The quantitative estimate of drug-likeness (QED) is 0.801. The third-order valence-electron chi connectivity index (χ3n) is 3.75. The first-order valence-corrected chi connectivity index (χ1v) is 8.48. The van der Waals surface area contributed by atoms with Crippen LogP contribution in [0, 0.1) is 6.92 Å². The molecule has 3 amide bonds. The van der Waals surface area contributed by atoms with E-state index in [1.165, 1.54) is 4.90 Å². The Bertz CT molecular complexity index is 745. The van der Waals surface area contributed by atoms with Crippen LogP contribution in [0.1, 0.15) is 17.5 Å². The van der Waals surface area contributed by atoms with Crippen LogP contribution in [0.5, 0.6) is 5.75 Å². The molecule has 2 N–H and O–H groups in total. The smallest absolute Gasteiger partial charge is 0.319 e. The van der Waals surface area contributed by atoms with Crippen molar-refractivity contribution in [1.82, 2.24) is 10.2 Å². The van der Waals surface area contributed by atoms with Gasteiger partial charge in [0.15, 0.2) is 0 Å². The molecule has 0 atom stereocenters. The van der Waals surface area contributed by atoms with Gasteiger partial charge in [-0.25, -0.2) is 4.79 Å². The fourth-order valence-electron chi connectivity index (χ4n) is 2.26. The molecule has 0 aromatic heterocycles. The summed E-state index contributed by atoms with van der Waals surface area (Å²) in [6, 6.07) is 15.1. The maximum Gasteiger partial charge on any atom is 0.319 e. The van der Waals surface area contributed by atoms with Crippen molar-refractivity contribution in [2.24, 2.45) is 0 Å². The maximum atomic E-state index is 12.1. The molecule has 138 valence electrons. The molecule has 0 bridgehead atoms. The molecule has 0 saturated heterocycles. The van der Waals surface area contributed by atoms with Gasteiger partial charge in [0.05, 0.1) is 5.69 Å². The summed E-state index contributed by atoms with van der Waals surface area (Å²) in [4.78, 5) is 25.1. The van der Waals surface area contributed by atoms with E-state index in [9.17, 15) is 9.59 Å². The van der Waals surface area contributed by atoms with Crippen molar-refractivity contribution < 1.29 is 14.3 Å². The average Bonchev–Trinajstić information content (AvgIpc) is 2.62. The SMILES string of the molecule is Cc1ccc(NC(=O)NCCC(=O)N(C)C)c(OCc2ccccc2)c1. The van der Waals surface area contributed by atoms with E-state index < -0.39 is 0 Å². The van der Waals surface area contributed by atoms with Crippen molar-refractivity contribution in [3.63, 3.8) is 0 Å². The fraction of sp³-hybridized carbons (Fsp3) is 0.300. The number of nitrogens with one attached hydrogen (secondary N) is 2. The number of carbonyl (C=O) groups excluding carboxylic acids is 2. The van der Waals surface area contributed by atoms with Crippen LogP contribution in [0.4, 0.5) is 10.5 Å². The van der Waals surface area contributed by atoms with Crippen molar-refractivity contribution in [1.29, 1.82) is 0 Å². The van der Waals surface area contributed by atoms with Gasteiger partial charge in [0.1, 0.15) is 12.4 Å². The second-order valence-corrected chi connectivity index (χ2v) is 6.19. The summed E-state index contributed by atoms with van der Waals surface area (Å²) in [5.41, 5.74) is 2.67. The molecule has 2 aromatic rings. The van der Waals surface area contributed by atoms with Gasteiger partial charge in [-0.3, -0.25) is 4.79 Å². The zero-order valence-corrected chi connectivity index (χ0v) is 15.4. The van der Waals surface area contributed by atoms with Gasteiger partial charge in [-0.15, -0.1) is 0 Å². The highest BCUT2D eigenvalue weighted by Gasteiger charge is 2.10. The Hall–Kier alpha value is -3.02. The summed E-state index contributed by atoms with van der Waals surface area (Å²) < 4.78 is 5.88. The van der Waals surface area contributed by atoms with Gasteiger partial charge >= 0.3 is 6.03 Å². The van der Waals surface area contributed by atoms with Gasteiger partial charge in [-0.2, -0.15) is 0 Å². The topological polar surface area (TPSA) is 70.7 Å². The number of urea groups is 1. The number of hydrogen-bond donors (Lipinski definition) is 2. The van der Waals surface area contributed by atoms with Crippen LogP contribution in [-0.4, -0.2) is 37.5 Å². The van der Waals surface area contributed by atoms with Crippen molar-refractivity contribution in [2.75, 3.05) is 26.0 Å². The van der Waals surface area contributed by atoms with Crippen LogP contribution < -0.4 is 15.4 Å². The molecule has 0 radical (unpaired) electrons. The molecule has 0 aliphatic heterocycles. The lowest BCUT2D eigenvalue weighted by molar-refractivity contribution is -0.128. The number of nitrogens with zero attached hydrogens (tertiary/aromatic N) is 1. The molecular weight excluding hydrogens is 330 g/mol. The van der Waals surface area contributed by atoms with E-state index in [1.54, 1.807) is 20.2 Å². The zero-order chi connectivity index (χ0) is 18.9. The van der Waals surface area contributed by atoms with E-state index in [0.29, 0.717) is 18.0 Å². The minimum absolute atomic E-state index is 0.0347. The number of carbonyl (C=O) groups is 2. The maximum absolute atomic E-state index is 12.1. The van der Waals surface area contributed by atoms with Crippen molar-refractivity contribution >= 4 is 17.6 Å². The largest absolute Gasteiger partial charge is 0.487 e. The summed E-state index contributed by atoms with van der Waals surface area (Å²) in [7, 11) is 3.37. The predicted octanol–water partition coefficient (Wildman–Crippen LogP) is 3.17. The van der Waals surface area contributed by atoms with Gasteiger partial charge in [0.2, 0.25) is 5.91 Å². The first-order valence-electron chi connectivity index (χ1n) is 8.48. The van der Waals surface area contributed by atoms with Crippen LogP contribution in [0.25, 0.3) is 0 Å². The van der Waals surface area contributed by atoms with Gasteiger partial charge in [0.25, 0.3) is 0 Å². The molecule has 2 rings (SSSR count). The Morgan fingerprint density at radius 1 is 1.08 bits per heavy atom. The van der Waals surface area contributed by atoms with Crippen LogP contribution in [-0.2, 0) is 11.4 Å². The summed E-state index contributed by atoms with van der Waals surface area (Å²) in [6.45, 7) is 2.65. The molecule has 2 aromatic carbocycles. The van der Waals surface area contributed by atoms with Gasteiger partial charge in [-0.05, 0) is 30.2 Å². The molecule has 0 saturated carbocycles. The van der Waals surface area contributed by atoms with E-state index in [4.69, 9.17) is 4.74 Å². The first-order chi connectivity index (χ1) is 12.5. The highest BCUT2D eigenvalue weighted by atomic mass is 16.5. The van der Waals surface area contributed by atoms with Crippen LogP contribution >= 0.6 is 0 Å². The minimum Gasteiger partial charge on any atom is -0.487 e. The lowest BCUT2D eigenvalue weighted by Crippen LogP contribution is -2.33. The predicted molar refractivity (Wildman–Crippen MR) is 102 cm³/mol. The summed E-state index contributed by atoms with van der Waals surface area (Å²) in [5.74, 6) is 0.570. The highest BCUT2D eigenvalue weighted by molar-refractivity contribution is 5.91. The van der Waals surface area contributed by atoms with Crippen molar-refractivity contribution in [2.45, 2.75) is 20.0 Å². The number of amides is 3. The average molecular weight is 355 g/mol. The minimum atomic E-state index is -0.370. The van der Waals surface area contributed by atoms with Crippen LogP contribution in [0.2, 0.25) is 0 Å². The second kappa shape index (κ2) is 9.46. The molecule has 6 heteroatoms. The van der Waals surface area contributed by atoms with Gasteiger partial charge in [-0.1, -0.05) is 36.4 Å². The number of ether oxygens (including phenoxy) is 1. The highest BCUT2D eigenvalue weighted by Crippen LogP contribution is 2.26. The molecule has 0 spiro atoms. The number of anilines is 1. The number of rotatable bonds is 7. The number of benzene rings is 2. The van der Waals surface area contributed by atoms with E-state index in [1.807, 2.05) is 49.4 Å². The Balaban J connectivity index is 1.93. The standard InChI is InChI=1S/C20H25N3O3/c1-15-9-10-17(22-20(25)21-12-11-19(24)23(2)3)18(13-15)26-14-16-7-5-4-6-8-16/h4-10,13H,11-12,14H2,1-3H3,(H2,21,22,25). The Morgan fingerprint density at radius 3 is 2.50 bits per heavy atom. The molecule has 0 heterocycles. The third kappa shape index (κ3) is 6.12. The first kappa shape index (κ1) is 19.3.